The molecule has 0 saturated heterocycles. The number of hydrogen-bond acceptors (Lipinski definition) is 3. The second-order valence-corrected chi connectivity index (χ2v) is 5.78. The van der Waals surface area contributed by atoms with Gasteiger partial charge < -0.3 is 4.42 Å². The molecule has 124 valence electrons. The maximum Gasteiger partial charge on any atom is 0.277 e. The maximum atomic E-state index is 14.1. The fraction of sp³-hybridized carbons (Fsp3) is 0.100. The summed E-state index contributed by atoms with van der Waals surface area (Å²) in [5.41, 5.74) is 1.70. The number of hydrazone groups is 1. The van der Waals surface area contributed by atoms with E-state index in [0.29, 0.717) is 12.2 Å². The molecule has 0 radical (unpaired) electrons. The van der Waals surface area contributed by atoms with Gasteiger partial charge in [0, 0.05) is 6.42 Å². The van der Waals surface area contributed by atoms with Gasteiger partial charge in [0.15, 0.2) is 0 Å². The van der Waals surface area contributed by atoms with Crippen molar-refractivity contribution in [3.63, 3.8) is 0 Å². The fourth-order valence-electron chi connectivity index (χ4n) is 2.96. The molecule has 0 unspecified atom stereocenters. The summed E-state index contributed by atoms with van der Waals surface area (Å²) >= 11 is 0. The number of benzene rings is 2. The number of furan rings is 1. The van der Waals surface area contributed by atoms with E-state index in [4.69, 9.17) is 4.42 Å². The zero-order chi connectivity index (χ0) is 17.2. The number of halogens is 1. The largest absolute Gasteiger partial charge is 0.467 e. The van der Waals surface area contributed by atoms with Crippen LogP contribution in [-0.4, -0.2) is 16.6 Å². The molecule has 2 heterocycles. The first-order chi connectivity index (χ1) is 12.2. The van der Waals surface area contributed by atoms with Gasteiger partial charge in [0.1, 0.15) is 17.6 Å². The van der Waals surface area contributed by atoms with Crippen molar-refractivity contribution in [1.82, 2.24) is 5.01 Å². The Kier molecular flexibility index (Phi) is 3.90. The van der Waals surface area contributed by atoms with E-state index in [1.165, 1.54) is 17.1 Å². The summed E-state index contributed by atoms with van der Waals surface area (Å²) in [6.45, 7) is 0. The van der Waals surface area contributed by atoms with Gasteiger partial charge in [0.05, 0.1) is 17.5 Å². The van der Waals surface area contributed by atoms with Crippen LogP contribution in [-0.2, 0) is 0 Å². The molecule has 0 saturated carbocycles. The number of nitrogens with zero attached hydrogens (tertiary/aromatic N) is 2. The van der Waals surface area contributed by atoms with Crippen molar-refractivity contribution in [2.75, 3.05) is 0 Å². The molecular formula is C20H15FN2O2. The molecule has 1 aliphatic rings. The third-order valence-electron chi connectivity index (χ3n) is 4.20. The molecule has 25 heavy (non-hydrogen) atoms. The number of amides is 1. The van der Waals surface area contributed by atoms with Crippen LogP contribution < -0.4 is 0 Å². The molecule has 0 bridgehead atoms. The van der Waals surface area contributed by atoms with Crippen LogP contribution in [0.25, 0.3) is 0 Å². The molecule has 1 aromatic heterocycles. The molecule has 1 aliphatic heterocycles. The standard InChI is InChI=1S/C20H15FN2O2/c21-16-10-5-4-9-15(16)20(24)23-18(19-11-6-12-25-19)13-17(22-23)14-7-2-1-3-8-14/h1-12,18H,13H2/t18-/m1/s1. The van der Waals surface area contributed by atoms with Crippen molar-refractivity contribution in [2.45, 2.75) is 12.5 Å². The van der Waals surface area contributed by atoms with Crippen molar-refractivity contribution < 1.29 is 13.6 Å². The van der Waals surface area contributed by atoms with Crippen molar-refractivity contribution in [3.8, 4) is 0 Å². The Labute approximate surface area is 144 Å². The van der Waals surface area contributed by atoms with Crippen LogP contribution in [0.4, 0.5) is 4.39 Å². The van der Waals surface area contributed by atoms with Crippen LogP contribution in [0.15, 0.2) is 82.5 Å². The summed E-state index contributed by atoms with van der Waals surface area (Å²) in [5.74, 6) is -0.418. The topological polar surface area (TPSA) is 45.8 Å². The summed E-state index contributed by atoms with van der Waals surface area (Å²) in [5, 5.41) is 5.81. The Hall–Kier alpha value is -3.21. The highest BCUT2D eigenvalue weighted by atomic mass is 19.1. The molecule has 0 spiro atoms. The van der Waals surface area contributed by atoms with Crippen LogP contribution >= 0.6 is 0 Å². The zero-order valence-corrected chi connectivity index (χ0v) is 13.3. The van der Waals surface area contributed by atoms with Crippen LogP contribution in [0.5, 0.6) is 0 Å². The van der Waals surface area contributed by atoms with Gasteiger partial charge in [-0.15, -0.1) is 0 Å². The minimum absolute atomic E-state index is 0.00267. The van der Waals surface area contributed by atoms with E-state index in [0.717, 1.165) is 11.3 Å². The van der Waals surface area contributed by atoms with Crippen LogP contribution in [0, 0.1) is 5.82 Å². The van der Waals surface area contributed by atoms with E-state index in [2.05, 4.69) is 5.10 Å². The lowest BCUT2D eigenvalue weighted by atomic mass is 10.0. The van der Waals surface area contributed by atoms with E-state index < -0.39 is 17.8 Å². The predicted molar refractivity (Wildman–Crippen MR) is 91.6 cm³/mol. The number of carbonyl (C=O) groups excluding carboxylic acids is 1. The molecule has 4 nitrogen and oxygen atoms in total. The quantitative estimate of drug-likeness (QED) is 0.712. The van der Waals surface area contributed by atoms with Gasteiger partial charge in [-0.25, -0.2) is 9.40 Å². The van der Waals surface area contributed by atoms with Crippen LogP contribution in [0.2, 0.25) is 0 Å². The monoisotopic (exact) mass is 334 g/mol. The van der Waals surface area contributed by atoms with Gasteiger partial charge in [-0.1, -0.05) is 42.5 Å². The minimum atomic E-state index is -0.561. The average molecular weight is 334 g/mol. The summed E-state index contributed by atoms with van der Waals surface area (Å²) in [4.78, 5) is 12.9. The Morgan fingerprint density at radius 3 is 2.52 bits per heavy atom. The normalized spacial score (nSPS) is 16.8. The molecule has 2 aromatic carbocycles. The third-order valence-corrected chi connectivity index (χ3v) is 4.20. The first kappa shape index (κ1) is 15.3. The molecule has 1 amide bonds. The molecule has 0 N–H and O–H groups in total. The molecule has 0 fully saturated rings. The van der Waals surface area contributed by atoms with E-state index in [-0.39, 0.29) is 5.56 Å². The van der Waals surface area contributed by atoms with E-state index >= 15 is 0 Å². The highest BCUT2D eigenvalue weighted by molar-refractivity contribution is 6.05. The first-order valence-corrected chi connectivity index (χ1v) is 7.98. The second-order valence-electron chi connectivity index (χ2n) is 5.78. The van der Waals surface area contributed by atoms with Crippen molar-refractivity contribution in [1.29, 1.82) is 0 Å². The molecule has 3 aromatic rings. The third kappa shape index (κ3) is 2.85. The van der Waals surface area contributed by atoms with Crippen molar-refractivity contribution in [2.24, 2.45) is 5.10 Å². The maximum absolute atomic E-state index is 14.1. The Morgan fingerprint density at radius 2 is 1.80 bits per heavy atom. The Balaban J connectivity index is 1.74. The fourth-order valence-corrected chi connectivity index (χ4v) is 2.96. The first-order valence-electron chi connectivity index (χ1n) is 7.98. The Bertz CT molecular complexity index is 920. The molecule has 4 rings (SSSR count). The average Bonchev–Trinajstić information content (AvgIpc) is 3.32. The van der Waals surface area contributed by atoms with Gasteiger partial charge in [0.2, 0.25) is 0 Å². The van der Waals surface area contributed by atoms with Gasteiger partial charge in [-0.05, 0) is 29.8 Å². The summed E-state index contributed by atoms with van der Waals surface area (Å²) < 4.78 is 19.6. The summed E-state index contributed by atoms with van der Waals surface area (Å²) in [6, 6.07) is 18.7. The van der Waals surface area contributed by atoms with Crippen molar-refractivity contribution >= 4 is 11.6 Å². The summed E-state index contributed by atoms with van der Waals surface area (Å²) in [6.07, 6.45) is 2.07. The number of hydrogen-bond donors (Lipinski definition) is 0. The lowest BCUT2D eigenvalue weighted by molar-refractivity contribution is 0.0688. The lowest BCUT2D eigenvalue weighted by Crippen LogP contribution is -2.27. The van der Waals surface area contributed by atoms with Crippen LogP contribution in [0.3, 0.4) is 0 Å². The minimum Gasteiger partial charge on any atom is -0.467 e. The zero-order valence-electron chi connectivity index (χ0n) is 13.3. The number of carbonyl (C=O) groups is 1. The van der Waals surface area contributed by atoms with E-state index in [1.54, 1.807) is 30.5 Å². The molecular weight excluding hydrogens is 319 g/mol. The van der Waals surface area contributed by atoms with Crippen molar-refractivity contribution in [3.05, 3.63) is 95.7 Å². The smallest absolute Gasteiger partial charge is 0.277 e. The number of rotatable bonds is 3. The van der Waals surface area contributed by atoms with Crippen LogP contribution in [0.1, 0.15) is 34.1 Å². The highest BCUT2D eigenvalue weighted by Crippen LogP contribution is 2.34. The van der Waals surface area contributed by atoms with Gasteiger partial charge in [0.25, 0.3) is 5.91 Å². The highest BCUT2D eigenvalue weighted by Gasteiger charge is 2.36. The second kappa shape index (κ2) is 6.36. The van der Waals surface area contributed by atoms with Gasteiger partial charge in [-0.3, -0.25) is 4.79 Å². The SMILES string of the molecule is O=C(c1ccccc1F)N1N=C(c2ccccc2)C[C@@H]1c1ccco1. The van der Waals surface area contributed by atoms with Gasteiger partial charge in [-0.2, -0.15) is 5.10 Å². The summed E-state index contributed by atoms with van der Waals surface area (Å²) in [7, 11) is 0. The molecule has 1 atom stereocenters. The van der Waals surface area contributed by atoms with E-state index in [1.807, 2.05) is 30.3 Å². The molecule has 0 aliphatic carbocycles. The van der Waals surface area contributed by atoms with Gasteiger partial charge >= 0.3 is 0 Å². The molecule has 5 heteroatoms. The Morgan fingerprint density at radius 1 is 1.04 bits per heavy atom. The predicted octanol–water partition coefficient (Wildman–Crippen LogP) is 4.41. The lowest BCUT2D eigenvalue weighted by Gasteiger charge is -2.20. The van der Waals surface area contributed by atoms with E-state index in [9.17, 15) is 9.18 Å².